The van der Waals surface area contributed by atoms with E-state index in [-0.39, 0.29) is 16.8 Å². The number of hydrogen-bond donors (Lipinski definition) is 1. The van der Waals surface area contributed by atoms with E-state index in [2.05, 4.69) is 12.2 Å². The van der Waals surface area contributed by atoms with Crippen molar-refractivity contribution in [3.05, 3.63) is 29.8 Å². The maximum Gasteiger partial charge on any atom is 0.251 e. The molecule has 1 fully saturated rings. The van der Waals surface area contributed by atoms with E-state index in [0.717, 1.165) is 51.6 Å². The molecule has 0 saturated heterocycles. The first-order valence-electron chi connectivity index (χ1n) is 10.4. The number of hydrogen-bond acceptors (Lipinski definition) is 4. The Morgan fingerprint density at radius 3 is 2.61 bits per heavy atom. The van der Waals surface area contributed by atoms with E-state index in [0.29, 0.717) is 18.7 Å². The lowest BCUT2D eigenvalue weighted by atomic mass is 9.96. The van der Waals surface area contributed by atoms with Crippen LogP contribution in [0.15, 0.2) is 29.2 Å². The summed E-state index contributed by atoms with van der Waals surface area (Å²) >= 11 is 0. The maximum atomic E-state index is 13.0. The van der Waals surface area contributed by atoms with E-state index in [1.54, 1.807) is 25.2 Å². The molecule has 1 saturated carbocycles. The molecule has 2 rings (SSSR count). The molecule has 1 aliphatic carbocycles. The molecule has 1 aromatic rings. The Morgan fingerprint density at radius 2 is 1.89 bits per heavy atom. The molecule has 0 unspecified atom stereocenters. The number of sulfonamides is 1. The van der Waals surface area contributed by atoms with Gasteiger partial charge < -0.3 is 10.1 Å². The third-order valence-corrected chi connectivity index (χ3v) is 7.16. The Kier molecular flexibility index (Phi) is 9.41. The highest BCUT2D eigenvalue weighted by Crippen LogP contribution is 2.26. The van der Waals surface area contributed by atoms with Crippen LogP contribution < -0.4 is 5.32 Å². The Bertz CT molecular complexity index is 715. The zero-order valence-corrected chi connectivity index (χ0v) is 18.0. The van der Waals surface area contributed by atoms with Gasteiger partial charge in [0.05, 0.1) is 4.90 Å². The van der Waals surface area contributed by atoms with Gasteiger partial charge in [-0.25, -0.2) is 8.42 Å². The van der Waals surface area contributed by atoms with Gasteiger partial charge in [-0.2, -0.15) is 4.31 Å². The lowest BCUT2D eigenvalue weighted by Gasteiger charge is -2.30. The number of benzene rings is 1. The molecule has 0 spiro atoms. The van der Waals surface area contributed by atoms with Gasteiger partial charge in [-0.3, -0.25) is 4.79 Å². The Hall–Kier alpha value is -1.44. The fraction of sp³-hybridized carbons (Fsp3) is 0.667. The predicted octanol–water partition coefficient (Wildman–Crippen LogP) is 3.58. The number of carbonyl (C=O) groups is 1. The van der Waals surface area contributed by atoms with Crippen molar-refractivity contribution < 1.29 is 17.9 Å². The molecule has 1 N–H and O–H groups in total. The average Bonchev–Trinajstić information content (AvgIpc) is 2.73. The standard InChI is InChI=1S/C21H34N2O4S/c1-3-4-15-27-16-9-14-22-21(24)18-10-8-13-20(17-18)28(25,26)23(2)19-11-6-5-7-12-19/h8,10,13,17,19H,3-7,9,11-12,14-16H2,1-2H3,(H,22,24). The first-order valence-corrected chi connectivity index (χ1v) is 11.8. The second-order valence-electron chi connectivity index (χ2n) is 7.42. The lowest BCUT2D eigenvalue weighted by molar-refractivity contribution is 0.0940. The molecule has 0 heterocycles. The lowest BCUT2D eigenvalue weighted by Crippen LogP contribution is -2.38. The van der Waals surface area contributed by atoms with Crippen LogP contribution in [0.3, 0.4) is 0 Å². The molecule has 1 aliphatic rings. The summed E-state index contributed by atoms with van der Waals surface area (Å²) in [6.07, 6.45) is 7.98. The summed E-state index contributed by atoms with van der Waals surface area (Å²) in [5.74, 6) is -0.258. The SMILES string of the molecule is CCCCOCCCNC(=O)c1cccc(S(=O)(=O)N(C)C2CCCCC2)c1. The van der Waals surface area contributed by atoms with Crippen LogP contribution in [0.25, 0.3) is 0 Å². The minimum Gasteiger partial charge on any atom is -0.381 e. The number of amides is 1. The van der Waals surface area contributed by atoms with Crippen LogP contribution in [0, 0.1) is 0 Å². The van der Waals surface area contributed by atoms with Crippen LogP contribution in [0.1, 0.15) is 68.6 Å². The van der Waals surface area contributed by atoms with Crippen molar-refractivity contribution in [2.45, 2.75) is 69.2 Å². The summed E-state index contributed by atoms with van der Waals surface area (Å²) in [4.78, 5) is 12.5. The van der Waals surface area contributed by atoms with Gasteiger partial charge in [-0.15, -0.1) is 0 Å². The van der Waals surface area contributed by atoms with E-state index in [1.165, 1.54) is 16.8 Å². The summed E-state index contributed by atoms with van der Waals surface area (Å²) in [6.45, 7) is 3.98. The van der Waals surface area contributed by atoms with E-state index in [9.17, 15) is 13.2 Å². The number of nitrogens with zero attached hydrogens (tertiary/aromatic N) is 1. The monoisotopic (exact) mass is 410 g/mol. The van der Waals surface area contributed by atoms with Crippen molar-refractivity contribution >= 4 is 15.9 Å². The van der Waals surface area contributed by atoms with E-state index >= 15 is 0 Å². The van der Waals surface area contributed by atoms with E-state index in [4.69, 9.17) is 4.74 Å². The zero-order valence-electron chi connectivity index (χ0n) is 17.2. The summed E-state index contributed by atoms with van der Waals surface area (Å²) in [7, 11) is -1.95. The molecule has 0 aromatic heterocycles. The fourth-order valence-corrected chi connectivity index (χ4v) is 4.89. The topological polar surface area (TPSA) is 75.7 Å². The third-order valence-electron chi connectivity index (χ3n) is 5.26. The first-order chi connectivity index (χ1) is 13.5. The minimum atomic E-state index is -3.60. The molecule has 1 amide bonds. The van der Waals surface area contributed by atoms with Gasteiger partial charge in [0.25, 0.3) is 5.91 Å². The first kappa shape index (κ1) is 22.8. The molecular weight excluding hydrogens is 376 g/mol. The van der Waals surface area contributed by atoms with Crippen molar-refractivity contribution in [2.75, 3.05) is 26.8 Å². The van der Waals surface area contributed by atoms with Gasteiger partial charge in [0.1, 0.15) is 0 Å². The number of unbranched alkanes of at least 4 members (excludes halogenated alkanes) is 1. The number of ether oxygens (including phenoxy) is 1. The van der Waals surface area contributed by atoms with Crippen molar-refractivity contribution in [3.8, 4) is 0 Å². The highest BCUT2D eigenvalue weighted by Gasteiger charge is 2.29. The van der Waals surface area contributed by atoms with E-state index < -0.39 is 10.0 Å². The molecule has 0 radical (unpaired) electrons. The van der Waals surface area contributed by atoms with E-state index in [1.807, 2.05) is 0 Å². The molecule has 7 heteroatoms. The smallest absolute Gasteiger partial charge is 0.251 e. The summed E-state index contributed by atoms with van der Waals surface area (Å²) in [6, 6.07) is 6.36. The van der Waals surface area contributed by atoms with Crippen LogP contribution in [0.2, 0.25) is 0 Å². The molecule has 6 nitrogen and oxygen atoms in total. The van der Waals surface area contributed by atoms with Gasteiger partial charge in [0.15, 0.2) is 0 Å². The highest BCUT2D eigenvalue weighted by molar-refractivity contribution is 7.89. The summed E-state index contributed by atoms with van der Waals surface area (Å²) in [5, 5.41) is 2.83. The van der Waals surface area contributed by atoms with Crippen LogP contribution in [-0.2, 0) is 14.8 Å². The van der Waals surface area contributed by atoms with Crippen molar-refractivity contribution in [1.29, 1.82) is 0 Å². The van der Waals surface area contributed by atoms with Crippen molar-refractivity contribution in [2.24, 2.45) is 0 Å². The van der Waals surface area contributed by atoms with Crippen LogP contribution in [0.4, 0.5) is 0 Å². The maximum absolute atomic E-state index is 13.0. The number of nitrogens with one attached hydrogen (secondary N) is 1. The normalized spacial score (nSPS) is 15.7. The van der Waals surface area contributed by atoms with Gasteiger partial charge >= 0.3 is 0 Å². The number of carbonyl (C=O) groups excluding carboxylic acids is 1. The Morgan fingerprint density at radius 1 is 1.18 bits per heavy atom. The predicted molar refractivity (Wildman–Crippen MR) is 111 cm³/mol. The van der Waals surface area contributed by atoms with Gasteiger partial charge in [-0.05, 0) is 43.9 Å². The second-order valence-corrected chi connectivity index (χ2v) is 9.41. The molecule has 158 valence electrons. The Labute approximate surface area is 169 Å². The zero-order chi connectivity index (χ0) is 20.4. The van der Waals surface area contributed by atoms with Crippen LogP contribution in [0.5, 0.6) is 0 Å². The largest absolute Gasteiger partial charge is 0.381 e. The number of rotatable bonds is 11. The molecule has 0 aliphatic heterocycles. The Balaban J connectivity index is 1.92. The third kappa shape index (κ3) is 6.57. The minimum absolute atomic E-state index is 0.0453. The molecule has 28 heavy (non-hydrogen) atoms. The summed E-state index contributed by atoms with van der Waals surface area (Å²) < 4.78 is 32.9. The van der Waals surface area contributed by atoms with Crippen molar-refractivity contribution in [1.82, 2.24) is 9.62 Å². The van der Waals surface area contributed by atoms with Crippen molar-refractivity contribution in [3.63, 3.8) is 0 Å². The fourth-order valence-electron chi connectivity index (χ4n) is 3.43. The molecule has 0 atom stereocenters. The quantitative estimate of drug-likeness (QED) is 0.566. The van der Waals surface area contributed by atoms with Crippen LogP contribution in [-0.4, -0.2) is 51.5 Å². The summed E-state index contributed by atoms with van der Waals surface area (Å²) in [5.41, 5.74) is 0.366. The van der Waals surface area contributed by atoms with Gasteiger partial charge in [0, 0.05) is 38.4 Å². The average molecular weight is 411 g/mol. The van der Waals surface area contributed by atoms with Gasteiger partial charge in [-0.1, -0.05) is 38.7 Å². The molecular formula is C21H34N2O4S. The second kappa shape index (κ2) is 11.5. The van der Waals surface area contributed by atoms with Gasteiger partial charge in [0.2, 0.25) is 10.0 Å². The molecule has 1 aromatic carbocycles. The highest BCUT2D eigenvalue weighted by atomic mass is 32.2. The van der Waals surface area contributed by atoms with Crippen LogP contribution >= 0.6 is 0 Å². The molecule has 0 bridgehead atoms.